The lowest BCUT2D eigenvalue weighted by molar-refractivity contribution is -0.117. The summed E-state index contributed by atoms with van der Waals surface area (Å²) in [5.74, 6) is -0.317. The van der Waals surface area contributed by atoms with Crippen LogP contribution in [0.1, 0.15) is 63.3 Å². The predicted molar refractivity (Wildman–Crippen MR) is 126 cm³/mol. The number of nitriles is 1. The molecule has 0 saturated heterocycles. The van der Waals surface area contributed by atoms with Crippen molar-refractivity contribution in [1.29, 1.82) is 5.26 Å². The third-order valence-electron chi connectivity index (χ3n) is 6.11. The van der Waals surface area contributed by atoms with Crippen LogP contribution in [0.15, 0.2) is 42.6 Å². The molecule has 33 heavy (non-hydrogen) atoms. The summed E-state index contributed by atoms with van der Waals surface area (Å²) >= 11 is 0. The van der Waals surface area contributed by atoms with Crippen LogP contribution in [-0.2, 0) is 23.4 Å². The Morgan fingerprint density at radius 3 is 2.76 bits per heavy atom. The minimum atomic E-state index is -1.09. The van der Waals surface area contributed by atoms with E-state index in [9.17, 15) is 15.2 Å². The third-order valence-corrected chi connectivity index (χ3v) is 6.11. The lowest BCUT2D eigenvalue weighted by Gasteiger charge is -2.19. The van der Waals surface area contributed by atoms with Gasteiger partial charge in [-0.3, -0.25) is 9.78 Å². The number of aliphatic hydroxyl groups is 1. The molecule has 3 aromatic rings. The maximum atomic E-state index is 12.9. The Kier molecular flexibility index (Phi) is 5.59. The molecule has 170 valence electrons. The molecule has 1 atom stereocenters. The van der Waals surface area contributed by atoms with Crippen LogP contribution in [0.25, 0.3) is 11.1 Å². The second kappa shape index (κ2) is 8.13. The van der Waals surface area contributed by atoms with Crippen LogP contribution in [0.3, 0.4) is 0 Å². The Bertz CT molecular complexity index is 1260. The van der Waals surface area contributed by atoms with Gasteiger partial charge in [-0.2, -0.15) is 5.26 Å². The number of anilines is 1. The first-order valence-electron chi connectivity index (χ1n) is 11.1. The molecule has 1 unspecified atom stereocenters. The fourth-order valence-corrected chi connectivity index (χ4v) is 4.31. The zero-order chi connectivity index (χ0) is 24.0. The number of fused-ring (bicyclic) bond motifs is 1. The molecule has 0 spiro atoms. The quantitative estimate of drug-likeness (QED) is 0.609. The number of amides is 1. The van der Waals surface area contributed by atoms with Crippen LogP contribution in [-0.4, -0.2) is 25.5 Å². The highest BCUT2D eigenvalue weighted by Crippen LogP contribution is 2.40. The minimum absolute atomic E-state index is 0.0983. The van der Waals surface area contributed by atoms with Gasteiger partial charge in [0.1, 0.15) is 23.2 Å². The van der Waals surface area contributed by atoms with Crippen molar-refractivity contribution in [3.63, 3.8) is 0 Å². The van der Waals surface area contributed by atoms with Crippen molar-refractivity contribution < 1.29 is 9.90 Å². The molecule has 0 aliphatic carbocycles. The molecule has 7 heteroatoms. The van der Waals surface area contributed by atoms with Gasteiger partial charge in [0.25, 0.3) is 0 Å². The zero-order valence-corrected chi connectivity index (χ0v) is 19.7. The first-order chi connectivity index (χ1) is 15.5. The normalized spacial score (nSPS) is 15.5. The van der Waals surface area contributed by atoms with Crippen molar-refractivity contribution in [2.24, 2.45) is 5.41 Å². The molecule has 3 aromatic heterocycles. The lowest BCUT2D eigenvalue weighted by atomic mass is 9.89. The topological polar surface area (TPSA) is 104 Å². The summed E-state index contributed by atoms with van der Waals surface area (Å²) in [6, 6.07) is 13.3. The first kappa shape index (κ1) is 22.7. The van der Waals surface area contributed by atoms with Crippen LogP contribution in [0.2, 0.25) is 0 Å². The van der Waals surface area contributed by atoms with Crippen molar-refractivity contribution in [3.8, 4) is 17.2 Å². The highest BCUT2D eigenvalue weighted by molar-refractivity contribution is 5.95. The first-order valence-corrected chi connectivity index (χ1v) is 11.1. The van der Waals surface area contributed by atoms with E-state index >= 15 is 0 Å². The fourth-order valence-electron chi connectivity index (χ4n) is 4.31. The van der Waals surface area contributed by atoms with Gasteiger partial charge >= 0.3 is 0 Å². The number of nitrogens with zero attached hydrogens (tertiary/aromatic N) is 4. The molecule has 2 N–H and O–H groups in total. The molecule has 0 radical (unpaired) electrons. The molecule has 0 fully saturated rings. The van der Waals surface area contributed by atoms with Crippen LogP contribution >= 0.6 is 0 Å². The number of aromatic nitrogens is 3. The highest BCUT2D eigenvalue weighted by Gasteiger charge is 2.33. The number of carbonyl (C=O) groups excluding carboxylic acids is 1. The standard InChI is InChI=1S/C26H29N5O2/c1-16(20-7-6-8-22(29-20)26(4,5)33)24(32)30-23-11-17(9-10-28-23)19-12-18(14-27)31-15-25(2,3)13-21(19)31/h6-12,16,33H,13,15H2,1-5H3,(H,28,30,32). The minimum Gasteiger partial charge on any atom is -0.384 e. The van der Waals surface area contributed by atoms with Crippen LogP contribution in [0.4, 0.5) is 5.82 Å². The number of hydrogen-bond donors (Lipinski definition) is 2. The van der Waals surface area contributed by atoms with E-state index in [2.05, 4.69) is 39.8 Å². The molecule has 7 nitrogen and oxygen atoms in total. The van der Waals surface area contributed by atoms with Gasteiger partial charge in [-0.05, 0) is 68.5 Å². The van der Waals surface area contributed by atoms with E-state index in [0.717, 1.165) is 29.8 Å². The van der Waals surface area contributed by atoms with Gasteiger partial charge in [0.2, 0.25) is 5.91 Å². The average Bonchev–Trinajstić information content (AvgIpc) is 3.25. The molecule has 0 saturated carbocycles. The van der Waals surface area contributed by atoms with E-state index in [1.807, 2.05) is 18.2 Å². The summed E-state index contributed by atoms with van der Waals surface area (Å²) in [4.78, 5) is 21.7. The third kappa shape index (κ3) is 4.53. The van der Waals surface area contributed by atoms with Gasteiger partial charge in [-0.15, -0.1) is 0 Å². The number of pyridine rings is 2. The Morgan fingerprint density at radius 2 is 2.06 bits per heavy atom. The summed E-state index contributed by atoms with van der Waals surface area (Å²) in [5, 5.41) is 22.7. The molecule has 0 aromatic carbocycles. The van der Waals surface area contributed by atoms with Gasteiger partial charge in [-0.1, -0.05) is 19.9 Å². The summed E-state index contributed by atoms with van der Waals surface area (Å²) in [6.07, 6.45) is 2.55. The fraction of sp³-hybridized carbons (Fsp3) is 0.385. The molecule has 1 aliphatic rings. The maximum absolute atomic E-state index is 12.9. The molecule has 0 bridgehead atoms. The van der Waals surface area contributed by atoms with E-state index in [1.165, 1.54) is 0 Å². The molecular weight excluding hydrogens is 414 g/mol. The Hall–Kier alpha value is -3.50. The van der Waals surface area contributed by atoms with Crippen molar-refractivity contribution in [3.05, 3.63) is 65.4 Å². The van der Waals surface area contributed by atoms with Crippen LogP contribution < -0.4 is 5.32 Å². The van der Waals surface area contributed by atoms with Gasteiger partial charge in [0, 0.05) is 24.0 Å². The van der Waals surface area contributed by atoms with Crippen LogP contribution in [0, 0.1) is 16.7 Å². The molecule has 1 amide bonds. The second-order valence-electron chi connectivity index (χ2n) is 10.1. The van der Waals surface area contributed by atoms with E-state index in [0.29, 0.717) is 22.9 Å². The molecule has 1 aliphatic heterocycles. The van der Waals surface area contributed by atoms with Crippen LogP contribution in [0.5, 0.6) is 0 Å². The Morgan fingerprint density at radius 1 is 1.30 bits per heavy atom. The Balaban J connectivity index is 1.58. The van der Waals surface area contributed by atoms with Crippen molar-refractivity contribution in [2.45, 2.75) is 59.1 Å². The SMILES string of the molecule is CC(C(=O)Nc1cc(-c2cc(C#N)n3c2CC(C)(C)C3)ccn1)c1cccc(C(C)(C)O)n1. The van der Waals surface area contributed by atoms with Gasteiger partial charge in [0.15, 0.2) is 0 Å². The molecule has 4 rings (SSSR count). The number of nitrogens with one attached hydrogen (secondary N) is 1. The average molecular weight is 444 g/mol. The van der Waals surface area contributed by atoms with E-state index in [1.54, 1.807) is 45.2 Å². The Labute approximate surface area is 194 Å². The van der Waals surface area contributed by atoms with Crippen molar-refractivity contribution in [2.75, 3.05) is 5.32 Å². The van der Waals surface area contributed by atoms with E-state index in [-0.39, 0.29) is 11.3 Å². The monoisotopic (exact) mass is 443 g/mol. The van der Waals surface area contributed by atoms with E-state index < -0.39 is 11.5 Å². The maximum Gasteiger partial charge on any atom is 0.234 e. The van der Waals surface area contributed by atoms with Crippen molar-refractivity contribution >= 4 is 11.7 Å². The van der Waals surface area contributed by atoms with Gasteiger partial charge in [0.05, 0.1) is 17.3 Å². The summed E-state index contributed by atoms with van der Waals surface area (Å²) in [7, 11) is 0. The molecule has 4 heterocycles. The predicted octanol–water partition coefficient (Wildman–Crippen LogP) is 4.37. The lowest BCUT2D eigenvalue weighted by Crippen LogP contribution is -2.23. The summed E-state index contributed by atoms with van der Waals surface area (Å²) in [5.41, 5.74) is 3.81. The number of rotatable bonds is 5. The van der Waals surface area contributed by atoms with Gasteiger partial charge in [-0.25, -0.2) is 4.98 Å². The van der Waals surface area contributed by atoms with Gasteiger partial charge < -0.3 is 15.0 Å². The highest BCUT2D eigenvalue weighted by atomic mass is 16.3. The zero-order valence-electron chi connectivity index (χ0n) is 19.7. The largest absolute Gasteiger partial charge is 0.384 e. The summed E-state index contributed by atoms with van der Waals surface area (Å²) < 4.78 is 2.09. The second-order valence-corrected chi connectivity index (χ2v) is 10.1. The van der Waals surface area contributed by atoms with E-state index in [4.69, 9.17) is 0 Å². The number of carbonyl (C=O) groups is 1. The smallest absolute Gasteiger partial charge is 0.234 e. The summed E-state index contributed by atoms with van der Waals surface area (Å²) in [6.45, 7) is 10.3. The molecular formula is C26H29N5O2. The number of hydrogen-bond acceptors (Lipinski definition) is 5. The van der Waals surface area contributed by atoms with Crippen molar-refractivity contribution in [1.82, 2.24) is 14.5 Å².